The van der Waals surface area contributed by atoms with Gasteiger partial charge >= 0.3 is 0 Å². The average Bonchev–Trinajstić information content (AvgIpc) is 3.18. The summed E-state index contributed by atoms with van der Waals surface area (Å²) in [6, 6.07) is 20.3. The summed E-state index contributed by atoms with van der Waals surface area (Å²) >= 11 is 1.67. The Balaban J connectivity index is 1.58. The maximum Gasteiger partial charge on any atom is 0.281 e. The van der Waals surface area contributed by atoms with Crippen molar-refractivity contribution in [2.24, 2.45) is 0 Å². The van der Waals surface area contributed by atoms with Crippen LogP contribution in [0.25, 0.3) is 37.6 Å². The molecule has 0 atom stereocenters. The molecule has 3 aromatic carbocycles. The largest absolute Gasteiger partial charge is 0.302 e. The van der Waals surface area contributed by atoms with Gasteiger partial charge in [-0.05, 0) is 80.4 Å². The van der Waals surface area contributed by atoms with E-state index >= 15 is 0 Å². The molecule has 2 aromatic heterocycles. The first-order valence-corrected chi connectivity index (χ1v) is 11.1. The zero-order valence-electron chi connectivity index (χ0n) is 17.9. The van der Waals surface area contributed by atoms with Gasteiger partial charge in [0.2, 0.25) is 0 Å². The lowest BCUT2D eigenvalue weighted by Crippen LogP contribution is -2.20. The molecule has 0 bridgehead atoms. The number of hydrogen-bond donors (Lipinski definition) is 0. The molecule has 6 heteroatoms. The number of fused-ring (bicyclic) bond motifs is 1. The molecule has 0 aliphatic carbocycles. The average molecular weight is 442 g/mol. The van der Waals surface area contributed by atoms with Crippen LogP contribution in [0.4, 0.5) is 4.39 Å². The van der Waals surface area contributed by atoms with Crippen molar-refractivity contribution in [2.45, 2.75) is 20.8 Å². The number of aromatic nitrogens is 3. The molecule has 158 valence electrons. The molecule has 0 saturated heterocycles. The minimum atomic E-state index is -0.340. The van der Waals surface area contributed by atoms with Crippen LogP contribution in [0, 0.1) is 26.6 Å². The van der Waals surface area contributed by atoms with E-state index in [0.717, 1.165) is 27.5 Å². The van der Waals surface area contributed by atoms with Gasteiger partial charge in [0, 0.05) is 16.9 Å². The molecular formula is C26H20FN3OS. The molecule has 0 N–H and O–H groups in total. The highest BCUT2D eigenvalue weighted by molar-refractivity contribution is 7.21. The van der Waals surface area contributed by atoms with Crippen molar-refractivity contribution in [2.75, 3.05) is 0 Å². The van der Waals surface area contributed by atoms with Crippen molar-refractivity contribution in [1.82, 2.24) is 14.5 Å². The van der Waals surface area contributed by atoms with Crippen molar-refractivity contribution in [3.63, 3.8) is 0 Å². The van der Waals surface area contributed by atoms with E-state index in [4.69, 9.17) is 4.98 Å². The van der Waals surface area contributed by atoms with Crippen molar-refractivity contribution >= 4 is 21.6 Å². The van der Waals surface area contributed by atoms with Crippen molar-refractivity contribution in [1.29, 1.82) is 0 Å². The van der Waals surface area contributed by atoms with Gasteiger partial charge in [0.1, 0.15) is 16.6 Å². The molecule has 0 aliphatic heterocycles. The highest BCUT2D eigenvalue weighted by atomic mass is 32.1. The van der Waals surface area contributed by atoms with Crippen molar-refractivity contribution in [3.05, 3.63) is 100.0 Å². The van der Waals surface area contributed by atoms with Gasteiger partial charge in [0.25, 0.3) is 5.56 Å². The highest BCUT2D eigenvalue weighted by Gasteiger charge is 2.15. The van der Waals surface area contributed by atoms with Gasteiger partial charge in [-0.3, -0.25) is 4.79 Å². The summed E-state index contributed by atoms with van der Waals surface area (Å²) in [5.74, 6) is 0.258. The Morgan fingerprint density at radius 3 is 2.25 bits per heavy atom. The third-order valence-electron chi connectivity index (χ3n) is 5.55. The van der Waals surface area contributed by atoms with Crippen LogP contribution in [0.1, 0.15) is 17.1 Å². The van der Waals surface area contributed by atoms with Crippen LogP contribution in [0.5, 0.6) is 0 Å². The molecule has 0 saturated carbocycles. The first kappa shape index (κ1) is 20.3. The molecule has 2 heterocycles. The summed E-state index contributed by atoms with van der Waals surface area (Å²) in [4.78, 5) is 21.6. The van der Waals surface area contributed by atoms with Gasteiger partial charge in [0.15, 0.2) is 0 Å². The predicted octanol–water partition coefficient (Wildman–Crippen LogP) is 6.24. The second-order valence-electron chi connectivity index (χ2n) is 7.80. The van der Waals surface area contributed by atoms with Gasteiger partial charge < -0.3 is 4.57 Å². The predicted molar refractivity (Wildman–Crippen MR) is 128 cm³/mol. The molecule has 32 heavy (non-hydrogen) atoms. The lowest BCUT2D eigenvalue weighted by atomic mass is 10.0. The zero-order chi connectivity index (χ0) is 22.4. The highest BCUT2D eigenvalue weighted by Crippen LogP contribution is 2.31. The number of thiazole rings is 1. The zero-order valence-corrected chi connectivity index (χ0v) is 18.7. The van der Waals surface area contributed by atoms with E-state index in [9.17, 15) is 9.18 Å². The fraction of sp³-hybridized carbons (Fsp3) is 0.115. The van der Waals surface area contributed by atoms with E-state index in [-0.39, 0.29) is 11.4 Å². The Bertz CT molecular complexity index is 1520. The number of hydrogen-bond acceptors (Lipinski definition) is 4. The second kappa shape index (κ2) is 7.80. The van der Waals surface area contributed by atoms with Crippen LogP contribution in [-0.2, 0) is 0 Å². The van der Waals surface area contributed by atoms with Crippen LogP contribution in [0.15, 0.2) is 71.5 Å². The fourth-order valence-corrected chi connectivity index (χ4v) is 5.07. The van der Waals surface area contributed by atoms with Crippen LogP contribution < -0.4 is 5.56 Å². The molecule has 4 nitrogen and oxygen atoms in total. The van der Waals surface area contributed by atoms with E-state index in [1.165, 1.54) is 22.4 Å². The summed E-state index contributed by atoms with van der Waals surface area (Å²) in [5.41, 5.74) is 5.73. The van der Waals surface area contributed by atoms with E-state index < -0.39 is 0 Å². The smallest absolute Gasteiger partial charge is 0.281 e. The molecule has 0 amide bonds. The molecular weight excluding hydrogens is 421 g/mol. The van der Waals surface area contributed by atoms with E-state index in [0.29, 0.717) is 17.0 Å². The molecule has 5 rings (SSSR count). The minimum Gasteiger partial charge on any atom is -0.302 e. The molecule has 0 unspecified atom stereocenters. The second-order valence-corrected chi connectivity index (χ2v) is 8.83. The van der Waals surface area contributed by atoms with Gasteiger partial charge in [-0.25, -0.2) is 9.37 Å². The summed E-state index contributed by atoms with van der Waals surface area (Å²) in [6.45, 7) is 5.78. The number of aryl methyl sites for hydroxylation is 2. The molecule has 0 fully saturated rings. The van der Waals surface area contributed by atoms with E-state index in [1.807, 2.05) is 42.7 Å². The molecule has 0 radical (unpaired) electrons. The van der Waals surface area contributed by atoms with Crippen molar-refractivity contribution < 1.29 is 4.39 Å². The molecule has 0 aliphatic rings. The Kier molecular flexibility index (Phi) is 4.94. The maximum atomic E-state index is 13.4. The van der Waals surface area contributed by atoms with Crippen LogP contribution in [0.3, 0.4) is 0 Å². The maximum absolute atomic E-state index is 13.4. The lowest BCUT2D eigenvalue weighted by Gasteiger charge is -2.17. The normalized spacial score (nSPS) is 11.2. The van der Waals surface area contributed by atoms with Gasteiger partial charge in [0.05, 0.1) is 15.8 Å². The fourth-order valence-electron chi connectivity index (χ4n) is 4.00. The van der Waals surface area contributed by atoms with Crippen molar-refractivity contribution in [3.8, 4) is 27.4 Å². The Morgan fingerprint density at radius 1 is 0.844 bits per heavy atom. The Hall–Kier alpha value is -3.64. The standard InChI is InChI=1S/C26H20FN3OS/c1-15-4-13-22-23(14-15)32-26(29-22)19-7-11-21(12-8-19)30-16(2)24(25(31)28-17(30)3)18-5-9-20(27)10-6-18/h4-14H,1-3H3. The minimum absolute atomic E-state index is 0.316. The first-order valence-electron chi connectivity index (χ1n) is 10.2. The van der Waals surface area contributed by atoms with Gasteiger partial charge in [-0.15, -0.1) is 11.3 Å². The third kappa shape index (κ3) is 3.52. The van der Waals surface area contributed by atoms with Crippen LogP contribution >= 0.6 is 11.3 Å². The topological polar surface area (TPSA) is 47.8 Å². The quantitative estimate of drug-likeness (QED) is 0.333. The summed E-state index contributed by atoms with van der Waals surface area (Å²) in [7, 11) is 0. The Labute approximate surface area is 188 Å². The number of benzene rings is 3. The van der Waals surface area contributed by atoms with Gasteiger partial charge in [-0.2, -0.15) is 4.98 Å². The van der Waals surface area contributed by atoms with E-state index in [1.54, 1.807) is 23.5 Å². The number of rotatable bonds is 3. The van der Waals surface area contributed by atoms with E-state index in [2.05, 4.69) is 30.1 Å². The summed E-state index contributed by atoms with van der Waals surface area (Å²) < 4.78 is 16.5. The first-order chi connectivity index (χ1) is 15.4. The Morgan fingerprint density at radius 2 is 1.53 bits per heavy atom. The molecule has 5 aromatic rings. The summed E-state index contributed by atoms with van der Waals surface area (Å²) in [6.07, 6.45) is 0. The number of halogens is 1. The lowest BCUT2D eigenvalue weighted by molar-refractivity contribution is 0.628. The molecule has 0 spiro atoms. The van der Waals surface area contributed by atoms with Crippen LogP contribution in [-0.4, -0.2) is 14.5 Å². The van der Waals surface area contributed by atoms with Crippen LogP contribution in [0.2, 0.25) is 0 Å². The summed E-state index contributed by atoms with van der Waals surface area (Å²) in [5, 5.41) is 0.968. The van der Waals surface area contributed by atoms with Gasteiger partial charge in [-0.1, -0.05) is 18.2 Å². The monoisotopic (exact) mass is 441 g/mol. The third-order valence-corrected chi connectivity index (χ3v) is 6.61. The SMILES string of the molecule is Cc1ccc2nc(-c3ccc(-n4c(C)nc(=O)c(-c5ccc(F)cc5)c4C)cc3)sc2c1. The number of nitrogens with zero attached hydrogens (tertiary/aromatic N) is 3.